The molecule has 20 heavy (non-hydrogen) atoms. The van der Waals surface area contributed by atoms with E-state index < -0.39 is 40.1 Å². The predicted octanol–water partition coefficient (Wildman–Crippen LogP) is 1.96. The Morgan fingerprint density at radius 3 is 2.60 bits per heavy atom. The summed E-state index contributed by atoms with van der Waals surface area (Å²) in [4.78, 5) is 0. The van der Waals surface area contributed by atoms with E-state index in [1.165, 1.54) is 0 Å². The third-order valence-corrected chi connectivity index (χ3v) is 4.40. The van der Waals surface area contributed by atoms with Gasteiger partial charge in [-0.05, 0) is 6.07 Å². The number of hydrogen-bond donors (Lipinski definition) is 0. The maximum atomic E-state index is 13.8. The normalized spacial score (nSPS) is 20.0. The van der Waals surface area contributed by atoms with Crippen LogP contribution in [0, 0.1) is 5.82 Å². The summed E-state index contributed by atoms with van der Waals surface area (Å²) >= 11 is 0. The lowest BCUT2D eigenvalue weighted by Gasteiger charge is -2.26. The number of halogens is 4. The van der Waals surface area contributed by atoms with E-state index in [-0.39, 0.29) is 18.7 Å². The SMILES string of the molecule is O=S1(=O)COCCN1Cc1cccc(C(F)(F)F)c1F. The van der Waals surface area contributed by atoms with Crippen LogP contribution in [-0.4, -0.2) is 31.8 Å². The molecule has 0 atom stereocenters. The van der Waals surface area contributed by atoms with Gasteiger partial charge in [0.2, 0.25) is 10.0 Å². The van der Waals surface area contributed by atoms with Crippen LogP contribution in [0.1, 0.15) is 11.1 Å². The van der Waals surface area contributed by atoms with Crippen molar-refractivity contribution in [2.24, 2.45) is 0 Å². The molecule has 1 fully saturated rings. The zero-order valence-corrected chi connectivity index (χ0v) is 11.0. The van der Waals surface area contributed by atoms with E-state index in [4.69, 9.17) is 4.74 Å². The summed E-state index contributed by atoms with van der Waals surface area (Å²) in [5, 5.41) is 0. The molecular weight excluding hydrogens is 302 g/mol. The summed E-state index contributed by atoms with van der Waals surface area (Å²) in [5.41, 5.74) is -1.72. The molecule has 0 unspecified atom stereocenters. The van der Waals surface area contributed by atoms with Gasteiger partial charge in [-0.2, -0.15) is 17.5 Å². The monoisotopic (exact) mass is 313 g/mol. The smallest absolute Gasteiger partial charge is 0.363 e. The minimum absolute atomic E-state index is 0.0159. The molecule has 0 aliphatic carbocycles. The van der Waals surface area contributed by atoms with Gasteiger partial charge in [0.15, 0.2) is 5.94 Å². The van der Waals surface area contributed by atoms with Gasteiger partial charge in [-0.1, -0.05) is 12.1 Å². The van der Waals surface area contributed by atoms with Crippen molar-refractivity contribution in [3.05, 3.63) is 35.1 Å². The summed E-state index contributed by atoms with van der Waals surface area (Å²) in [7, 11) is -3.72. The molecule has 1 aromatic carbocycles. The molecule has 0 amide bonds. The fourth-order valence-corrected chi connectivity index (χ4v) is 3.00. The molecule has 0 spiro atoms. The highest BCUT2D eigenvalue weighted by Crippen LogP contribution is 2.32. The van der Waals surface area contributed by atoms with E-state index in [1.54, 1.807) is 0 Å². The Hall–Kier alpha value is -1.19. The predicted molar refractivity (Wildman–Crippen MR) is 61.6 cm³/mol. The molecule has 4 nitrogen and oxygen atoms in total. The maximum Gasteiger partial charge on any atom is 0.419 e. The first kappa shape index (κ1) is 15.2. The maximum absolute atomic E-state index is 13.8. The third-order valence-electron chi connectivity index (χ3n) is 2.84. The van der Waals surface area contributed by atoms with Gasteiger partial charge in [-0.25, -0.2) is 12.8 Å². The molecular formula is C11H11F4NO3S. The molecule has 1 saturated heterocycles. The summed E-state index contributed by atoms with van der Waals surface area (Å²) in [6.45, 7) is -0.334. The van der Waals surface area contributed by atoms with E-state index in [0.29, 0.717) is 6.07 Å². The second-order valence-corrected chi connectivity index (χ2v) is 6.16. The number of rotatable bonds is 2. The van der Waals surface area contributed by atoms with Crippen molar-refractivity contribution < 1.29 is 30.7 Å². The van der Waals surface area contributed by atoms with Crippen LogP contribution in [0.15, 0.2) is 18.2 Å². The Kier molecular flexibility index (Phi) is 4.03. The van der Waals surface area contributed by atoms with Crippen molar-refractivity contribution in [2.75, 3.05) is 19.1 Å². The molecule has 1 heterocycles. The molecule has 0 bridgehead atoms. The van der Waals surface area contributed by atoms with Gasteiger partial charge in [-0.3, -0.25) is 0 Å². The number of benzene rings is 1. The zero-order valence-electron chi connectivity index (χ0n) is 10.2. The number of sulfonamides is 1. The van der Waals surface area contributed by atoms with Crippen LogP contribution < -0.4 is 0 Å². The molecule has 112 valence electrons. The fraction of sp³-hybridized carbons (Fsp3) is 0.455. The van der Waals surface area contributed by atoms with Crippen LogP contribution in [0.25, 0.3) is 0 Å². The Balaban J connectivity index is 2.31. The van der Waals surface area contributed by atoms with Gasteiger partial charge in [0.1, 0.15) is 5.82 Å². The van der Waals surface area contributed by atoms with Crippen molar-refractivity contribution >= 4 is 10.0 Å². The van der Waals surface area contributed by atoms with Crippen molar-refractivity contribution in [2.45, 2.75) is 12.7 Å². The summed E-state index contributed by atoms with van der Waals surface area (Å²) in [6, 6.07) is 2.80. The van der Waals surface area contributed by atoms with Crippen LogP contribution in [0.3, 0.4) is 0 Å². The van der Waals surface area contributed by atoms with Crippen molar-refractivity contribution in [3.63, 3.8) is 0 Å². The molecule has 9 heteroatoms. The second kappa shape index (κ2) is 5.30. The van der Waals surface area contributed by atoms with Crippen LogP contribution >= 0.6 is 0 Å². The third kappa shape index (κ3) is 3.10. The highest BCUT2D eigenvalue weighted by atomic mass is 32.2. The van der Waals surface area contributed by atoms with E-state index in [2.05, 4.69) is 0 Å². The van der Waals surface area contributed by atoms with Crippen LogP contribution in [0.4, 0.5) is 17.6 Å². The van der Waals surface area contributed by atoms with Gasteiger partial charge >= 0.3 is 6.18 Å². The van der Waals surface area contributed by atoms with Crippen molar-refractivity contribution in [1.82, 2.24) is 4.31 Å². The Morgan fingerprint density at radius 1 is 1.30 bits per heavy atom. The molecule has 0 saturated carbocycles. The Bertz CT molecular complexity index is 600. The molecule has 0 radical (unpaired) electrons. The molecule has 0 N–H and O–H groups in total. The zero-order chi connectivity index (χ0) is 15.0. The summed E-state index contributed by atoms with van der Waals surface area (Å²) in [5.74, 6) is -1.99. The van der Waals surface area contributed by atoms with E-state index in [1.807, 2.05) is 0 Å². The first-order valence-corrected chi connectivity index (χ1v) is 7.23. The first-order chi connectivity index (χ1) is 9.22. The van der Waals surface area contributed by atoms with Crippen molar-refractivity contribution in [1.29, 1.82) is 0 Å². The number of ether oxygens (including phenoxy) is 1. The minimum Gasteiger partial charge on any atom is -0.363 e. The number of nitrogens with zero attached hydrogens (tertiary/aromatic N) is 1. The summed E-state index contributed by atoms with van der Waals surface area (Å²) < 4.78 is 80.4. The topological polar surface area (TPSA) is 46.6 Å². The lowest BCUT2D eigenvalue weighted by molar-refractivity contribution is -0.140. The number of alkyl halides is 3. The molecule has 2 rings (SSSR count). The van der Waals surface area contributed by atoms with Gasteiger partial charge in [0.05, 0.1) is 12.2 Å². The van der Waals surface area contributed by atoms with Crippen LogP contribution in [-0.2, 0) is 27.5 Å². The highest BCUT2D eigenvalue weighted by molar-refractivity contribution is 7.88. The van der Waals surface area contributed by atoms with Gasteiger partial charge < -0.3 is 4.74 Å². The van der Waals surface area contributed by atoms with Crippen LogP contribution in [0.5, 0.6) is 0 Å². The second-order valence-electron chi connectivity index (χ2n) is 4.25. The molecule has 0 aromatic heterocycles. The lowest BCUT2D eigenvalue weighted by atomic mass is 10.1. The average molecular weight is 313 g/mol. The van der Waals surface area contributed by atoms with Gasteiger partial charge in [0.25, 0.3) is 0 Å². The minimum atomic E-state index is -4.82. The molecule has 1 aliphatic rings. The lowest BCUT2D eigenvalue weighted by Crippen LogP contribution is -2.40. The standard InChI is InChI=1S/C11H11F4NO3S/c12-10-8(2-1-3-9(10)11(13,14)15)6-16-4-5-19-7-20(16,17)18/h1-3H,4-7H2. The number of hydrogen-bond acceptors (Lipinski definition) is 3. The van der Waals surface area contributed by atoms with Gasteiger partial charge in [0, 0.05) is 18.7 Å². The molecule has 1 aromatic rings. The molecule has 1 aliphatic heterocycles. The largest absolute Gasteiger partial charge is 0.419 e. The van der Waals surface area contributed by atoms with E-state index in [0.717, 1.165) is 16.4 Å². The van der Waals surface area contributed by atoms with Crippen molar-refractivity contribution in [3.8, 4) is 0 Å². The summed E-state index contributed by atoms with van der Waals surface area (Å²) in [6.07, 6.45) is -4.82. The average Bonchev–Trinajstić information content (AvgIpc) is 2.32. The first-order valence-electron chi connectivity index (χ1n) is 5.62. The van der Waals surface area contributed by atoms with E-state index in [9.17, 15) is 26.0 Å². The fourth-order valence-electron chi connectivity index (χ4n) is 1.83. The highest BCUT2D eigenvalue weighted by Gasteiger charge is 2.35. The van der Waals surface area contributed by atoms with E-state index >= 15 is 0 Å². The van der Waals surface area contributed by atoms with Gasteiger partial charge in [-0.15, -0.1) is 0 Å². The van der Waals surface area contributed by atoms with Crippen LogP contribution in [0.2, 0.25) is 0 Å². The Morgan fingerprint density at radius 2 is 2.00 bits per heavy atom. The Labute approximate surface area is 113 Å². The quantitative estimate of drug-likeness (QED) is 0.784.